The van der Waals surface area contributed by atoms with Gasteiger partial charge in [-0.3, -0.25) is 0 Å². The highest BCUT2D eigenvalue weighted by Crippen LogP contribution is 2.35. The van der Waals surface area contributed by atoms with Crippen molar-refractivity contribution in [1.82, 2.24) is 9.97 Å². The second-order valence-corrected chi connectivity index (χ2v) is 3.80. The largest absolute Gasteiger partial charge is 0.368 e. The van der Waals surface area contributed by atoms with E-state index in [0.717, 1.165) is 11.7 Å². The van der Waals surface area contributed by atoms with Crippen molar-refractivity contribution in [2.45, 2.75) is 25.8 Å². The first-order valence-corrected chi connectivity index (χ1v) is 5.10. The maximum absolute atomic E-state index is 5.54. The molecule has 0 bridgehead atoms. The van der Waals surface area contributed by atoms with Gasteiger partial charge in [0.2, 0.25) is 5.95 Å². The summed E-state index contributed by atoms with van der Waals surface area (Å²) < 4.78 is 0. The summed E-state index contributed by atoms with van der Waals surface area (Å²) in [6.45, 7) is 2.19. The molecule has 0 radical (unpaired) electrons. The summed E-state index contributed by atoms with van der Waals surface area (Å²) in [5.41, 5.74) is 8.00. The van der Waals surface area contributed by atoms with Crippen LogP contribution in [0.5, 0.6) is 0 Å². The lowest BCUT2D eigenvalue weighted by atomic mass is 10.3. The Hall–Kier alpha value is -1.56. The third kappa shape index (κ3) is 2.27. The van der Waals surface area contributed by atoms with Crippen LogP contribution in [-0.4, -0.2) is 16.0 Å². The molecule has 0 spiro atoms. The van der Waals surface area contributed by atoms with Gasteiger partial charge in [-0.1, -0.05) is 13.3 Å². The molecule has 0 aromatic carbocycles. The van der Waals surface area contributed by atoms with Gasteiger partial charge < -0.3 is 16.5 Å². The first-order chi connectivity index (χ1) is 7.22. The number of aromatic nitrogens is 2. The van der Waals surface area contributed by atoms with E-state index in [1.165, 1.54) is 12.8 Å². The molecule has 1 heterocycles. The fourth-order valence-electron chi connectivity index (χ4n) is 1.68. The minimum Gasteiger partial charge on any atom is -0.368 e. The highest BCUT2D eigenvalue weighted by Gasteiger charge is 2.35. The number of rotatable bonds is 4. The molecular formula is C9H16N6. The molecule has 2 rings (SSSR count). The third-order valence-electron chi connectivity index (χ3n) is 2.67. The lowest BCUT2D eigenvalue weighted by molar-refractivity contribution is 0.773. The lowest BCUT2D eigenvalue weighted by Gasteiger charge is -2.07. The predicted molar refractivity (Wildman–Crippen MR) is 60.1 cm³/mol. The molecule has 1 aromatic heterocycles. The molecule has 0 amide bonds. The van der Waals surface area contributed by atoms with Crippen LogP contribution in [-0.2, 0) is 0 Å². The summed E-state index contributed by atoms with van der Waals surface area (Å²) in [5.74, 6) is 7.51. The van der Waals surface area contributed by atoms with Gasteiger partial charge in [-0.2, -0.15) is 9.97 Å². The highest BCUT2D eigenvalue weighted by atomic mass is 15.3. The Morgan fingerprint density at radius 1 is 1.47 bits per heavy atom. The van der Waals surface area contributed by atoms with Crippen LogP contribution in [0.15, 0.2) is 6.07 Å². The molecule has 0 saturated heterocycles. The summed E-state index contributed by atoms with van der Waals surface area (Å²) in [6, 6.07) is 2.27. The maximum Gasteiger partial charge on any atom is 0.223 e. The second kappa shape index (κ2) is 3.90. The highest BCUT2D eigenvalue weighted by molar-refractivity contribution is 5.51. The van der Waals surface area contributed by atoms with Crippen LogP contribution in [0, 0.1) is 5.92 Å². The molecule has 1 aromatic rings. The Balaban J connectivity index is 2.05. The molecule has 6 N–H and O–H groups in total. The number of hydrogen-bond donors (Lipinski definition) is 4. The van der Waals surface area contributed by atoms with Crippen LogP contribution in [0.1, 0.15) is 19.8 Å². The number of nitrogens with zero attached hydrogens (tertiary/aromatic N) is 2. The first-order valence-electron chi connectivity index (χ1n) is 5.10. The average molecular weight is 208 g/mol. The van der Waals surface area contributed by atoms with Gasteiger partial charge in [0, 0.05) is 12.1 Å². The number of anilines is 3. The quantitative estimate of drug-likeness (QED) is 0.426. The van der Waals surface area contributed by atoms with Crippen molar-refractivity contribution in [3.8, 4) is 0 Å². The number of nitrogens with two attached hydrogens (primary N) is 2. The number of hydrazine groups is 1. The minimum absolute atomic E-state index is 0.224. The smallest absolute Gasteiger partial charge is 0.223 e. The summed E-state index contributed by atoms with van der Waals surface area (Å²) in [5, 5.41) is 3.31. The van der Waals surface area contributed by atoms with Crippen LogP contribution in [0.2, 0.25) is 0 Å². The standard InChI is InChI=1S/C9H16N6/c1-2-5-3-6(5)12-7-4-8(15-11)14-9(10)13-7/h4-6H,2-3,11H2,1H3,(H4,10,12,13,14,15). The van der Waals surface area contributed by atoms with Crippen molar-refractivity contribution in [2.75, 3.05) is 16.5 Å². The zero-order valence-electron chi connectivity index (χ0n) is 8.70. The first kappa shape index (κ1) is 9.97. The van der Waals surface area contributed by atoms with Gasteiger partial charge in [0.25, 0.3) is 0 Å². The molecule has 0 aliphatic heterocycles. The Labute approximate surface area is 88.4 Å². The Morgan fingerprint density at radius 3 is 2.80 bits per heavy atom. The van der Waals surface area contributed by atoms with Crippen LogP contribution in [0.3, 0.4) is 0 Å². The molecule has 2 unspecified atom stereocenters. The van der Waals surface area contributed by atoms with Crippen molar-refractivity contribution in [1.29, 1.82) is 0 Å². The van der Waals surface area contributed by atoms with Gasteiger partial charge in [-0.05, 0) is 12.3 Å². The van der Waals surface area contributed by atoms with Crippen molar-refractivity contribution in [2.24, 2.45) is 11.8 Å². The van der Waals surface area contributed by atoms with E-state index < -0.39 is 0 Å². The molecular weight excluding hydrogens is 192 g/mol. The minimum atomic E-state index is 0.224. The van der Waals surface area contributed by atoms with Gasteiger partial charge in [0.15, 0.2) is 0 Å². The molecule has 6 heteroatoms. The van der Waals surface area contributed by atoms with E-state index in [2.05, 4.69) is 27.6 Å². The third-order valence-corrected chi connectivity index (χ3v) is 2.67. The van der Waals surface area contributed by atoms with Crippen molar-refractivity contribution in [3.63, 3.8) is 0 Å². The van der Waals surface area contributed by atoms with E-state index in [4.69, 9.17) is 11.6 Å². The van der Waals surface area contributed by atoms with Crippen LogP contribution >= 0.6 is 0 Å². The molecule has 2 atom stereocenters. The summed E-state index contributed by atoms with van der Waals surface area (Å²) >= 11 is 0. The van der Waals surface area contributed by atoms with E-state index in [1.54, 1.807) is 6.07 Å². The number of nitrogen functional groups attached to an aromatic ring is 2. The van der Waals surface area contributed by atoms with E-state index in [1.807, 2.05) is 0 Å². The Kier molecular flexibility index (Phi) is 2.59. The van der Waals surface area contributed by atoms with Gasteiger partial charge >= 0.3 is 0 Å². The van der Waals surface area contributed by atoms with Gasteiger partial charge in [-0.25, -0.2) is 5.84 Å². The Bertz CT molecular complexity index is 352. The lowest BCUT2D eigenvalue weighted by Crippen LogP contribution is -2.13. The molecule has 6 nitrogen and oxygen atoms in total. The zero-order chi connectivity index (χ0) is 10.8. The van der Waals surface area contributed by atoms with E-state index >= 15 is 0 Å². The van der Waals surface area contributed by atoms with E-state index in [0.29, 0.717) is 11.9 Å². The zero-order valence-corrected chi connectivity index (χ0v) is 8.70. The fraction of sp³-hybridized carbons (Fsp3) is 0.556. The Morgan fingerprint density at radius 2 is 2.20 bits per heavy atom. The number of nitrogens with one attached hydrogen (secondary N) is 2. The summed E-state index contributed by atoms with van der Waals surface area (Å²) in [7, 11) is 0. The van der Waals surface area contributed by atoms with Crippen molar-refractivity contribution >= 4 is 17.6 Å². The average Bonchev–Trinajstić information content (AvgIpc) is 2.95. The topological polar surface area (TPSA) is 102 Å². The van der Waals surface area contributed by atoms with Crippen molar-refractivity contribution < 1.29 is 0 Å². The fourth-order valence-corrected chi connectivity index (χ4v) is 1.68. The van der Waals surface area contributed by atoms with Crippen LogP contribution < -0.4 is 22.3 Å². The summed E-state index contributed by atoms with van der Waals surface area (Å²) in [6.07, 6.45) is 2.39. The molecule has 1 saturated carbocycles. The molecule has 15 heavy (non-hydrogen) atoms. The molecule has 1 aliphatic carbocycles. The van der Waals surface area contributed by atoms with Gasteiger partial charge in [0.1, 0.15) is 11.6 Å². The number of hydrogen-bond acceptors (Lipinski definition) is 6. The normalized spacial score (nSPS) is 23.6. The molecule has 1 aliphatic rings. The van der Waals surface area contributed by atoms with E-state index in [9.17, 15) is 0 Å². The van der Waals surface area contributed by atoms with E-state index in [-0.39, 0.29) is 5.95 Å². The monoisotopic (exact) mass is 208 g/mol. The van der Waals surface area contributed by atoms with Crippen LogP contribution in [0.4, 0.5) is 17.6 Å². The van der Waals surface area contributed by atoms with Crippen molar-refractivity contribution in [3.05, 3.63) is 6.07 Å². The molecule has 1 fully saturated rings. The predicted octanol–water partition coefficient (Wildman–Crippen LogP) is 0.555. The SMILES string of the molecule is CCC1CC1Nc1cc(NN)nc(N)n1. The van der Waals surface area contributed by atoms with Crippen LogP contribution in [0.25, 0.3) is 0 Å². The second-order valence-electron chi connectivity index (χ2n) is 3.80. The van der Waals surface area contributed by atoms with Gasteiger partial charge in [0.05, 0.1) is 0 Å². The summed E-state index contributed by atoms with van der Waals surface area (Å²) in [4.78, 5) is 8.00. The molecule has 82 valence electrons. The van der Waals surface area contributed by atoms with Gasteiger partial charge in [-0.15, -0.1) is 0 Å². The maximum atomic E-state index is 5.54.